The van der Waals surface area contributed by atoms with E-state index in [0.717, 1.165) is 24.0 Å². The Morgan fingerprint density at radius 3 is 2.55 bits per heavy atom. The monoisotopic (exact) mass is 295 g/mol. The van der Waals surface area contributed by atoms with E-state index >= 15 is 0 Å². The fraction of sp³-hybridized carbons (Fsp3) is 0.500. The Morgan fingerprint density at radius 2 is 1.90 bits per heavy atom. The first-order valence-corrected chi connectivity index (χ1v) is 7.97. The Kier molecular flexibility index (Phi) is 5.00. The molecule has 1 heterocycles. The maximum Gasteiger partial charge on any atom is 0.201 e. The molecule has 0 atom stereocenters. The predicted molar refractivity (Wildman–Crippen MR) is 84.9 cm³/mol. The summed E-state index contributed by atoms with van der Waals surface area (Å²) in [6, 6.07) is 3.80. The van der Waals surface area contributed by atoms with Crippen LogP contribution in [0.5, 0.6) is 11.5 Å². The second kappa shape index (κ2) is 6.74. The van der Waals surface area contributed by atoms with E-state index in [1.807, 2.05) is 28.5 Å². The molecule has 0 aliphatic heterocycles. The van der Waals surface area contributed by atoms with Gasteiger partial charge in [0, 0.05) is 18.7 Å². The molecule has 6 heteroatoms. The van der Waals surface area contributed by atoms with Gasteiger partial charge < -0.3 is 19.8 Å². The van der Waals surface area contributed by atoms with Crippen LogP contribution in [-0.2, 0) is 6.54 Å². The van der Waals surface area contributed by atoms with E-state index in [0.29, 0.717) is 17.4 Å². The molecular formula is C14H21N3O2S. The average Bonchev–Trinajstić information content (AvgIpc) is 2.77. The van der Waals surface area contributed by atoms with Gasteiger partial charge in [-0.1, -0.05) is 0 Å². The van der Waals surface area contributed by atoms with Crippen molar-refractivity contribution >= 4 is 28.7 Å². The Hall–Kier alpha value is -1.56. The number of imidazole rings is 1. The number of nitrogens with two attached hydrogens (primary N) is 1. The highest BCUT2D eigenvalue weighted by Gasteiger charge is 2.13. The number of hydrogen-bond acceptors (Lipinski definition) is 5. The molecule has 0 spiro atoms. The highest BCUT2D eigenvalue weighted by Crippen LogP contribution is 2.33. The number of methoxy groups -OCH3 is 2. The van der Waals surface area contributed by atoms with E-state index in [-0.39, 0.29) is 0 Å². The van der Waals surface area contributed by atoms with E-state index in [2.05, 4.69) is 11.2 Å². The Balaban J connectivity index is 2.31. The Morgan fingerprint density at radius 1 is 1.20 bits per heavy atom. The lowest BCUT2D eigenvalue weighted by Gasteiger charge is -2.09. The molecule has 0 amide bonds. The lowest BCUT2D eigenvalue weighted by Crippen LogP contribution is -2.04. The summed E-state index contributed by atoms with van der Waals surface area (Å²) < 4.78 is 12.7. The van der Waals surface area contributed by atoms with Gasteiger partial charge in [0.1, 0.15) is 0 Å². The maximum absolute atomic E-state index is 6.02. The zero-order chi connectivity index (χ0) is 14.5. The average molecular weight is 295 g/mol. The van der Waals surface area contributed by atoms with Crippen LogP contribution in [0, 0.1) is 0 Å². The minimum atomic E-state index is 0.541. The smallest absolute Gasteiger partial charge is 0.201 e. The van der Waals surface area contributed by atoms with Crippen LogP contribution in [0.1, 0.15) is 12.8 Å². The molecule has 0 unspecified atom stereocenters. The van der Waals surface area contributed by atoms with Crippen molar-refractivity contribution in [3.05, 3.63) is 12.1 Å². The molecule has 0 aliphatic rings. The summed E-state index contributed by atoms with van der Waals surface area (Å²) in [5.41, 5.74) is 7.84. The van der Waals surface area contributed by atoms with Crippen LogP contribution in [0.2, 0.25) is 0 Å². The third-order valence-corrected chi connectivity index (χ3v) is 3.96. The molecule has 0 saturated heterocycles. The summed E-state index contributed by atoms with van der Waals surface area (Å²) in [5.74, 6) is 3.08. The molecule has 0 fully saturated rings. The van der Waals surface area contributed by atoms with Crippen molar-refractivity contribution in [3.8, 4) is 11.5 Å². The number of aryl methyl sites for hydroxylation is 1. The van der Waals surface area contributed by atoms with Crippen molar-refractivity contribution in [1.82, 2.24) is 9.55 Å². The molecular weight excluding hydrogens is 274 g/mol. The molecule has 2 N–H and O–H groups in total. The molecule has 5 nitrogen and oxygen atoms in total. The fourth-order valence-corrected chi connectivity index (χ4v) is 2.71. The minimum absolute atomic E-state index is 0.541. The van der Waals surface area contributed by atoms with E-state index in [1.165, 1.54) is 12.2 Å². The summed E-state index contributed by atoms with van der Waals surface area (Å²) >= 11 is 1.86. The lowest BCUT2D eigenvalue weighted by molar-refractivity contribution is 0.355. The second-order valence-corrected chi connectivity index (χ2v) is 5.50. The van der Waals surface area contributed by atoms with Gasteiger partial charge in [0.2, 0.25) is 5.95 Å². The van der Waals surface area contributed by atoms with Crippen LogP contribution < -0.4 is 15.2 Å². The largest absolute Gasteiger partial charge is 0.493 e. The van der Waals surface area contributed by atoms with Gasteiger partial charge in [-0.2, -0.15) is 11.8 Å². The third kappa shape index (κ3) is 2.95. The van der Waals surface area contributed by atoms with E-state index in [9.17, 15) is 0 Å². The highest BCUT2D eigenvalue weighted by atomic mass is 32.2. The highest BCUT2D eigenvalue weighted by molar-refractivity contribution is 7.98. The lowest BCUT2D eigenvalue weighted by atomic mass is 10.2. The molecule has 2 aromatic rings. The summed E-state index contributed by atoms with van der Waals surface area (Å²) in [6.07, 6.45) is 4.39. The van der Waals surface area contributed by atoms with Crippen molar-refractivity contribution in [2.45, 2.75) is 19.4 Å². The number of hydrogen-bond donors (Lipinski definition) is 1. The number of fused-ring (bicyclic) bond motifs is 1. The number of nitrogen functional groups attached to an aromatic ring is 1. The number of unbranched alkanes of at least 4 members (excludes halogenated alkanes) is 1. The summed E-state index contributed by atoms with van der Waals surface area (Å²) in [7, 11) is 3.25. The van der Waals surface area contributed by atoms with Crippen LogP contribution in [0.25, 0.3) is 11.0 Å². The molecule has 110 valence electrons. The van der Waals surface area contributed by atoms with Crippen LogP contribution >= 0.6 is 11.8 Å². The fourth-order valence-electron chi connectivity index (χ4n) is 2.22. The number of benzene rings is 1. The number of ether oxygens (including phenoxy) is 2. The van der Waals surface area contributed by atoms with Crippen LogP contribution in [0.4, 0.5) is 5.95 Å². The standard InChI is InChI=1S/C14H21N3O2S/c1-18-12-8-10-11(9-13(12)19-2)17(14(15)16-10)6-4-5-7-20-3/h8-9H,4-7H2,1-3H3,(H2,15,16). The van der Waals surface area contributed by atoms with Gasteiger partial charge in [-0.3, -0.25) is 0 Å². The molecule has 0 aliphatic carbocycles. The van der Waals surface area contributed by atoms with Gasteiger partial charge in [-0.15, -0.1) is 0 Å². The number of aromatic nitrogens is 2. The first kappa shape index (κ1) is 14.8. The van der Waals surface area contributed by atoms with E-state index in [4.69, 9.17) is 15.2 Å². The van der Waals surface area contributed by atoms with Crippen molar-refractivity contribution in [2.24, 2.45) is 0 Å². The van der Waals surface area contributed by atoms with Crippen molar-refractivity contribution in [2.75, 3.05) is 32.0 Å². The van der Waals surface area contributed by atoms with Gasteiger partial charge in [0.05, 0.1) is 25.3 Å². The minimum Gasteiger partial charge on any atom is -0.493 e. The second-order valence-electron chi connectivity index (χ2n) is 4.52. The number of rotatable bonds is 7. The zero-order valence-corrected chi connectivity index (χ0v) is 13.0. The van der Waals surface area contributed by atoms with Gasteiger partial charge in [-0.05, 0) is 24.9 Å². The summed E-state index contributed by atoms with van der Waals surface area (Å²) in [6.45, 7) is 0.873. The van der Waals surface area contributed by atoms with Gasteiger partial charge in [0.15, 0.2) is 11.5 Å². The third-order valence-electron chi connectivity index (χ3n) is 3.26. The number of nitrogens with zero attached hydrogens (tertiary/aromatic N) is 2. The molecule has 1 aromatic carbocycles. The molecule has 0 radical (unpaired) electrons. The topological polar surface area (TPSA) is 62.3 Å². The van der Waals surface area contributed by atoms with Gasteiger partial charge >= 0.3 is 0 Å². The van der Waals surface area contributed by atoms with Crippen LogP contribution in [-0.4, -0.2) is 35.8 Å². The first-order valence-electron chi connectivity index (χ1n) is 6.58. The molecule has 0 bridgehead atoms. The molecule has 2 rings (SSSR count). The molecule has 20 heavy (non-hydrogen) atoms. The van der Waals surface area contributed by atoms with E-state index < -0.39 is 0 Å². The molecule has 1 aromatic heterocycles. The SMILES string of the molecule is COc1cc2nc(N)n(CCCCSC)c2cc1OC. The maximum atomic E-state index is 6.02. The normalized spacial score (nSPS) is 10.9. The van der Waals surface area contributed by atoms with Gasteiger partial charge in [-0.25, -0.2) is 4.98 Å². The van der Waals surface area contributed by atoms with Crippen molar-refractivity contribution in [3.63, 3.8) is 0 Å². The van der Waals surface area contributed by atoms with E-state index in [1.54, 1.807) is 14.2 Å². The van der Waals surface area contributed by atoms with Crippen LogP contribution in [0.3, 0.4) is 0 Å². The Labute approximate surface area is 123 Å². The van der Waals surface area contributed by atoms with Crippen molar-refractivity contribution < 1.29 is 9.47 Å². The Bertz CT molecular complexity index is 583. The number of anilines is 1. The van der Waals surface area contributed by atoms with Gasteiger partial charge in [0.25, 0.3) is 0 Å². The first-order chi connectivity index (χ1) is 9.71. The molecule has 0 saturated carbocycles. The quantitative estimate of drug-likeness (QED) is 0.796. The predicted octanol–water partition coefficient (Wildman–Crippen LogP) is 2.78. The summed E-state index contributed by atoms with van der Waals surface area (Å²) in [5, 5.41) is 0. The number of thioether (sulfide) groups is 1. The zero-order valence-electron chi connectivity index (χ0n) is 12.2. The summed E-state index contributed by atoms with van der Waals surface area (Å²) in [4.78, 5) is 4.40. The van der Waals surface area contributed by atoms with Crippen molar-refractivity contribution in [1.29, 1.82) is 0 Å². The van der Waals surface area contributed by atoms with Crippen LogP contribution in [0.15, 0.2) is 12.1 Å².